The zero-order valence-corrected chi connectivity index (χ0v) is 10.1. The van der Waals surface area contributed by atoms with Gasteiger partial charge in [0.1, 0.15) is 12.2 Å². The summed E-state index contributed by atoms with van der Waals surface area (Å²) in [5.41, 5.74) is 6.76. The smallest absolute Gasteiger partial charge is 0.165 e. The van der Waals surface area contributed by atoms with Crippen molar-refractivity contribution >= 4 is 0 Å². The summed E-state index contributed by atoms with van der Waals surface area (Å²) in [6.45, 7) is 6.61. The first-order valence-electron chi connectivity index (χ1n) is 5.67. The third-order valence-electron chi connectivity index (χ3n) is 2.56. The van der Waals surface area contributed by atoms with Crippen molar-refractivity contribution in [2.45, 2.75) is 38.8 Å². The van der Waals surface area contributed by atoms with Crippen molar-refractivity contribution in [1.29, 1.82) is 0 Å². The van der Waals surface area contributed by atoms with Crippen molar-refractivity contribution in [3.8, 4) is 11.5 Å². The summed E-state index contributed by atoms with van der Waals surface area (Å²) >= 11 is 0. The number of para-hydroxylation sites is 1. The summed E-state index contributed by atoms with van der Waals surface area (Å²) in [7, 11) is 0. The highest BCUT2D eigenvalue weighted by atomic mass is 16.5. The molecule has 0 unspecified atom stereocenters. The summed E-state index contributed by atoms with van der Waals surface area (Å²) in [4.78, 5) is 0. The Kier molecular flexibility index (Phi) is 2.80. The summed E-state index contributed by atoms with van der Waals surface area (Å²) in [6.07, 6.45) is 0.928. The molecule has 88 valence electrons. The predicted octanol–water partition coefficient (Wildman–Crippen LogP) is 2.13. The fraction of sp³-hybridized carbons (Fsp3) is 0.538. The Balaban J connectivity index is 2.20. The zero-order chi connectivity index (χ0) is 11.8. The Morgan fingerprint density at radius 2 is 2.25 bits per heavy atom. The predicted molar refractivity (Wildman–Crippen MR) is 64.0 cm³/mol. The number of fused-ring (bicyclic) bond motifs is 1. The maximum atomic E-state index is 5.89. The quantitative estimate of drug-likeness (QED) is 0.850. The molecule has 3 nitrogen and oxygen atoms in total. The zero-order valence-electron chi connectivity index (χ0n) is 10.1. The first-order valence-corrected chi connectivity index (χ1v) is 5.67. The maximum Gasteiger partial charge on any atom is 0.165 e. The average Bonchev–Trinajstić information content (AvgIpc) is 2.48. The van der Waals surface area contributed by atoms with Crippen LogP contribution in [0.2, 0.25) is 0 Å². The van der Waals surface area contributed by atoms with Gasteiger partial charge in [-0.05, 0) is 26.8 Å². The van der Waals surface area contributed by atoms with Crippen LogP contribution in [-0.2, 0) is 6.42 Å². The fourth-order valence-electron chi connectivity index (χ4n) is 1.92. The molecule has 0 saturated heterocycles. The molecule has 3 heteroatoms. The Labute approximate surface area is 96.5 Å². The van der Waals surface area contributed by atoms with E-state index < -0.39 is 0 Å². The van der Waals surface area contributed by atoms with Gasteiger partial charge in [0.25, 0.3) is 0 Å². The van der Waals surface area contributed by atoms with E-state index >= 15 is 0 Å². The van der Waals surface area contributed by atoms with E-state index in [-0.39, 0.29) is 11.6 Å². The molecule has 1 aromatic rings. The maximum absolute atomic E-state index is 5.89. The standard InChI is InChI=1S/C13H19NO2/c1-9(14)8-15-11-6-4-5-10-7-13(2,3)16-12(10)11/h4-6,9H,7-8,14H2,1-3H3/t9-/m0/s1. The van der Waals surface area contributed by atoms with E-state index in [1.807, 2.05) is 19.1 Å². The van der Waals surface area contributed by atoms with E-state index in [1.165, 1.54) is 5.56 Å². The van der Waals surface area contributed by atoms with E-state index in [0.29, 0.717) is 6.61 Å². The van der Waals surface area contributed by atoms with Crippen LogP contribution in [0.3, 0.4) is 0 Å². The number of hydrogen-bond donors (Lipinski definition) is 1. The van der Waals surface area contributed by atoms with Gasteiger partial charge in [-0.25, -0.2) is 0 Å². The molecular formula is C13H19NO2. The first-order chi connectivity index (χ1) is 7.48. The van der Waals surface area contributed by atoms with Crippen molar-refractivity contribution < 1.29 is 9.47 Å². The van der Waals surface area contributed by atoms with Crippen LogP contribution in [0, 0.1) is 0 Å². The van der Waals surface area contributed by atoms with Crippen LogP contribution in [0.5, 0.6) is 11.5 Å². The molecule has 1 aromatic carbocycles. The monoisotopic (exact) mass is 221 g/mol. The van der Waals surface area contributed by atoms with Crippen LogP contribution in [-0.4, -0.2) is 18.2 Å². The highest BCUT2D eigenvalue weighted by Gasteiger charge is 2.32. The topological polar surface area (TPSA) is 44.5 Å². The van der Waals surface area contributed by atoms with Gasteiger partial charge in [0, 0.05) is 18.0 Å². The number of ether oxygens (including phenoxy) is 2. The second-order valence-electron chi connectivity index (χ2n) is 5.07. The van der Waals surface area contributed by atoms with Gasteiger partial charge in [-0.15, -0.1) is 0 Å². The molecule has 1 heterocycles. The molecule has 1 atom stereocenters. The molecule has 0 radical (unpaired) electrons. The number of hydrogen-bond acceptors (Lipinski definition) is 3. The molecule has 0 aliphatic carbocycles. The van der Waals surface area contributed by atoms with Crippen molar-refractivity contribution in [2.75, 3.05) is 6.61 Å². The van der Waals surface area contributed by atoms with Crippen LogP contribution in [0.1, 0.15) is 26.3 Å². The van der Waals surface area contributed by atoms with Crippen molar-refractivity contribution in [3.63, 3.8) is 0 Å². The first kappa shape index (κ1) is 11.3. The normalized spacial score (nSPS) is 18.8. The van der Waals surface area contributed by atoms with Gasteiger partial charge in [0.05, 0.1) is 0 Å². The van der Waals surface area contributed by atoms with E-state index in [4.69, 9.17) is 15.2 Å². The highest BCUT2D eigenvalue weighted by Crippen LogP contribution is 2.41. The third-order valence-corrected chi connectivity index (χ3v) is 2.56. The fourth-order valence-corrected chi connectivity index (χ4v) is 1.92. The average molecular weight is 221 g/mol. The lowest BCUT2D eigenvalue weighted by Gasteiger charge is -2.18. The molecule has 1 aliphatic heterocycles. The molecule has 2 rings (SSSR count). The second kappa shape index (κ2) is 3.98. The molecule has 0 aromatic heterocycles. The van der Waals surface area contributed by atoms with Gasteiger partial charge < -0.3 is 15.2 Å². The van der Waals surface area contributed by atoms with Gasteiger partial charge in [-0.1, -0.05) is 12.1 Å². The van der Waals surface area contributed by atoms with E-state index in [9.17, 15) is 0 Å². The third kappa shape index (κ3) is 2.30. The molecule has 2 N–H and O–H groups in total. The largest absolute Gasteiger partial charge is 0.488 e. The highest BCUT2D eigenvalue weighted by molar-refractivity contribution is 5.50. The summed E-state index contributed by atoms with van der Waals surface area (Å²) < 4.78 is 11.5. The lowest BCUT2D eigenvalue weighted by molar-refractivity contribution is 0.131. The minimum absolute atomic E-state index is 0.0327. The minimum atomic E-state index is -0.129. The molecule has 0 spiro atoms. The SMILES string of the molecule is C[C@H](N)COc1cccc2c1OC(C)(C)C2. The summed E-state index contributed by atoms with van der Waals surface area (Å²) in [5.74, 6) is 1.69. The number of nitrogens with two attached hydrogens (primary N) is 1. The molecule has 0 bridgehead atoms. The van der Waals surface area contributed by atoms with Gasteiger partial charge in [-0.3, -0.25) is 0 Å². The van der Waals surface area contributed by atoms with Crippen LogP contribution in [0.15, 0.2) is 18.2 Å². The van der Waals surface area contributed by atoms with Crippen LogP contribution >= 0.6 is 0 Å². The summed E-state index contributed by atoms with van der Waals surface area (Å²) in [6, 6.07) is 6.05. The summed E-state index contributed by atoms with van der Waals surface area (Å²) in [5, 5.41) is 0. The van der Waals surface area contributed by atoms with Crippen LogP contribution < -0.4 is 15.2 Å². The molecule has 1 aliphatic rings. The number of benzene rings is 1. The lowest BCUT2D eigenvalue weighted by atomic mass is 10.0. The molecule has 16 heavy (non-hydrogen) atoms. The van der Waals surface area contributed by atoms with Crippen LogP contribution in [0.25, 0.3) is 0 Å². The Hall–Kier alpha value is -1.22. The van der Waals surface area contributed by atoms with Gasteiger partial charge in [0.2, 0.25) is 0 Å². The Morgan fingerprint density at radius 1 is 1.50 bits per heavy atom. The Morgan fingerprint density at radius 3 is 2.94 bits per heavy atom. The molecule has 0 fully saturated rings. The minimum Gasteiger partial charge on any atom is -0.488 e. The molecule has 0 saturated carbocycles. The van der Waals surface area contributed by atoms with Gasteiger partial charge in [0.15, 0.2) is 11.5 Å². The Bertz CT molecular complexity index is 386. The molecule has 0 amide bonds. The van der Waals surface area contributed by atoms with E-state index in [1.54, 1.807) is 0 Å². The van der Waals surface area contributed by atoms with Crippen molar-refractivity contribution in [1.82, 2.24) is 0 Å². The van der Waals surface area contributed by atoms with E-state index in [2.05, 4.69) is 19.9 Å². The van der Waals surface area contributed by atoms with Crippen LogP contribution in [0.4, 0.5) is 0 Å². The van der Waals surface area contributed by atoms with Crippen molar-refractivity contribution in [2.24, 2.45) is 5.73 Å². The lowest BCUT2D eigenvalue weighted by Crippen LogP contribution is -2.25. The van der Waals surface area contributed by atoms with Crippen molar-refractivity contribution in [3.05, 3.63) is 23.8 Å². The van der Waals surface area contributed by atoms with Gasteiger partial charge >= 0.3 is 0 Å². The second-order valence-corrected chi connectivity index (χ2v) is 5.07. The van der Waals surface area contributed by atoms with Gasteiger partial charge in [-0.2, -0.15) is 0 Å². The number of rotatable bonds is 3. The molecular weight excluding hydrogens is 202 g/mol. The van der Waals surface area contributed by atoms with E-state index in [0.717, 1.165) is 17.9 Å².